The second-order valence-electron chi connectivity index (χ2n) is 5.24. The molecule has 2 heterocycles. The summed E-state index contributed by atoms with van der Waals surface area (Å²) in [4.78, 5) is 45.2. The van der Waals surface area contributed by atoms with Gasteiger partial charge in [-0.15, -0.1) is 0 Å². The maximum absolute atomic E-state index is 11.9. The van der Waals surface area contributed by atoms with Crippen molar-refractivity contribution in [3.63, 3.8) is 0 Å². The Balaban J connectivity index is 2.28. The van der Waals surface area contributed by atoms with Gasteiger partial charge in [0.2, 0.25) is 0 Å². The first-order valence-electron chi connectivity index (χ1n) is 6.96. The van der Waals surface area contributed by atoms with Crippen LogP contribution in [0.2, 0.25) is 0 Å². The second kappa shape index (κ2) is 7.77. The Hall–Kier alpha value is -0.560. The van der Waals surface area contributed by atoms with Crippen LogP contribution in [0.3, 0.4) is 0 Å². The first kappa shape index (κ1) is 19.8. The van der Waals surface area contributed by atoms with Gasteiger partial charge in [-0.3, -0.25) is 0 Å². The van der Waals surface area contributed by atoms with Gasteiger partial charge < -0.3 is 0 Å². The van der Waals surface area contributed by atoms with Gasteiger partial charge in [-0.25, -0.2) is 0 Å². The van der Waals surface area contributed by atoms with Crippen LogP contribution in [0.15, 0.2) is 21.9 Å². The molecule has 1 aromatic heterocycles. The van der Waals surface area contributed by atoms with Crippen LogP contribution in [0.5, 0.6) is 0 Å². The predicted molar refractivity (Wildman–Crippen MR) is 93.2 cm³/mol. The molecule has 10 nitrogen and oxygen atoms in total. The molecule has 1 saturated heterocycles. The molecule has 2 rings (SSSR count). The number of aromatic amines is 1. The summed E-state index contributed by atoms with van der Waals surface area (Å²) in [5, 5.41) is 0. The number of phosphoric acid groups is 1. The van der Waals surface area contributed by atoms with Crippen LogP contribution in [0.4, 0.5) is 0 Å². The number of phosphoric ester groups is 1. The van der Waals surface area contributed by atoms with E-state index in [0.717, 1.165) is 0 Å². The molecule has 138 valence electrons. The van der Waals surface area contributed by atoms with E-state index in [4.69, 9.17) is 22.1 Å². The first-order chi connectivity index (χ1) is 11.1. The number of rotatable bonds is 6. The van der Waals surface area contributed by atoms with E-state index >= 15 is 0 Å². The summed E-state index contributed by atoms with van der Waals surface area (Å²) in [7, 11) is -3.09. The maximum atomic E-state index is 11.9. The molecule has 24 heavy (non-hydrogen) atoms. The molecule has 1 aromatic rings. The van der Waals surface area contributed by atoms with E-state index in [1.807, 2.05) is 4.93 Å². The molecule has 0 amide bonds. The number of aromatic nitrogens is 2. The predicted octanol–water partition coefficient (Wildman–Crippen LogP) is 0.388. The van der Waals surface area contributed by atoms with Crippen LogP contribution in [-0.2, 0) is 16.9 Å². The van der Waals surface area contributed by atoms with Crippen LogP contribution in [0.25, 0.3) is 0 Å². The number of nitrogens with one attached hydrogen (secondary N) is 1. The normalized spacial score (nSPS) is 26.4. The van der Waals surface area contributed by atoms with E-state index in [-0.39, 0.29) is 3.92 Å². The Morgan fingerprint density at radius 3 is 2.71 bits per heavy atom. The Labute approximate surface area is 145 Å². The van der Waals surface area contributed by atoms with Gasteiger partial charge in [0.05, 0.1) is 0 Å². The molecule has 12 heteroatoms. The Morgan fingerprint density at radius 1 is 1.50 bits per heavy atom. The SMILES string of the molecule is COI(C)C1CC(n2ccc(=O)[nH]c2=O)OC1C(C)OP(=O)(O)O. The number of nitrogens with zero attached hydrogens (tertiary/aromatic N) is 1. The third-order valence-electron chi connectivity index (χ3n) is 3.66. The van der Waals surface area contributed by atoms with Gasteiger partial charge >= 0.3 is 145 Å². The van der Waals surface area contributed by atoms with Crippen LogP contribution in [-0.4, -0.2) is 47.5 Å². The fourth-order valence-electron chi connectivity index (χ4n) is 2.58. The van der Waals surface area contributed by atoms with E-state index < -0.39 is 57.7 Å². The number of halogens is 1. The number of hydrogen-bond donors (Lipinski definition) is 3. The van der Waals surface area contributed by atoms with Crippen LogP contribution < -0.4 is 11.2 Å². The van der Waals surface area contributed by atoms with E-state index in [1.165, 1.54) is 23.8 Å². The second-order valence-corrected chi connectivity index (χ2v) is 11.5. The molecule has 4 unspecified atom stereocenters. The van der Waals surface area contributed by atoms with E-state index in [0.29, 0.717) is 6.42 Å². The summed E-state index contributed by atoms with van der Waals surface area (Å²) in [6.07, 6.45) is -0.408. The van der Waals surface area contributed by atoms with E-state index in [1.54, 1.807) is 7.11 Å². The number of alkyl halides is 2. The molecule has 0 radical (unpaired) electrons. The molecule has 3 N–H and O–H groups in total. The number of ether oxygens (including phenoxy) is 1. The van der Waals surface area contributed by atoms with Crippen LogP contribution in [0, 0.1) is 0 Å². The summed E-state index contributed by atoms with van der Waals surface area (Å²) in [5.74, 6) is 0. The summed E-state index contributed by atoms with van der Waals surface area (Å²) in [6.45, 7) is 1.51. The molecule has 0 saturated carbocycles. The third kappa shape index (κ3) is 4.75. The molecule has 0 aliphatic carbocycles. The molecule has 0 aromatic carbocycles. The van der Waals surface area contributed by atoms with Gasteiger partial charge in [0.25, 0.3) is 0 Å². The average molecular weight is 478 g/mol. The quantitative estimate of drug-likeness (QED) is 0.303. The number of H-pyrrole nitrogens is 1. The van der Waals surface area contributed by atoms with Crippen molar-refractivity contribution in [2.24, 2.45) is 0 Å². The van der Waals surface area contributed by atoms with Crippen molar-refractivity contribution >= 4 is 28.1 Å². The number of hydrogen-bond acceptors (Lipinski definition) is 6. The zero-order valence-electron chi connectivity index (χ0n) is 13.3. The fraction of sp³-hybridized carbons (Fsp3) is 0.667. The van der Waals surface area contributed by atoms with Gasteiger partial charge in [0.1, 0.15) is 0 Å². The Bertz CT molecular complexity index is 730. The standard InChI is InChI=1S/C12H20IN2O8P/c1-7(23-24(18,19)20)11-8(13(2)21-3)6-10(22-11)15-5-4-9(16)14-12(15)17/h4-5,7-8,10-11H,6H2,1-3H3,(H,14,16,17)(H2,18,19,20). The van der Waals surface area contributed by atoms with Gasteiger partial charge in [-0.05, 0) is 0 Å². The monoisotopic (exact) mass is 478 g/mol. The minimum absolute atomic E-state index is 0.107. The van der Waals surface area contributed by atoms with Crippen molar-refractivity contribution < 1.29 is 26.7 Å². The van der Waals surface area contributed by atoms with Gasteiger partial charge in [0, 0.05) is 0 Å². The van der Waals surface area contributed by atoms with Crippen molar-refractivity contribution in [1.29, 1.82) is 0 Å². The third-order valence-corrected chi connectivity index (χ3v) is 9.13. The fourth-order valence-corrected chi connectivity index (χ4v) is 6.69. The van der Waals surface area contributed by atoms with Gasteiger partial charge in [0.15, 0.2) is 0 Å². The molecule has 0 spiro atoms. The van der Waals surface area contributed by atoms with Crippen molar-refractivity contribution in [2.45, 2.75) is 35.7 Å². The Morgan fingerprint density at radius 2 is 2.17 bits per heavy atom. The first-order valence-corrected chi connectivity index (χ1v) is 12.8. The molecular weight excluding hydrogens is 458 g/mol. The van der Waals surface area contributed by atoms with E-state index in [9.17, 15) is 14.2 Å². The van der Waals surface area contributed by atoms with Crippen molar-refractivity contribution in [2.75, 3.05) is 12.0 Å². The van der Waals surface area contributed by atoms with Crippen LogP contribution in [0.1, 0.15) is 19.6 Å². The zero-order chi connectivity index (χ0) is 18.1. The van der Waals surface area contributed by atoms with Crippen LogP contribution >= 0.6 is 28.1 Å². The molecular formula is C12H20IN2O8P. The summed E-state index contributed by atoms with van der Waals surface area (Å²) in [6, 6.07) is 1.21. The molecule has 0 bridgehead atoms. The van der Waals surface area contributed by atoms with Gasteiger partial charge in [-0.1, -0.05) is 0 Å². The molecule has 4 atom stereocenters. The minimum atomic E-state index is -4.67. The van der Waals surface area contributed by atoms with Crippen molar-refractivity contribution in [3.8, 4) is 0 Å². The molecule has 1 fully saturated rings. The average Bonchev–Trinajstić information content (AvgIpc) is 2.89. The van der Waals surface area contributed by atoms with Gasteiger partial charge in [-0.2, -0.15) is 0 Å². The van der Waals surface area contributed by atoms with Crippen molar-refractivity contribution in [3.05, 3.63) is 33.1 Å². The molecule has 1 aliphatic heterocycles. The summed E-state index contributed by atoms with van der Waals surface area (Å²) in [5.41, 5.74) is -1.12. The van der Waals surface area contributed by atoms with Crippen molar-refractivity contribution in [1.82, 2.24) is 9.55 Å². The topological polar surface area (TPSA) is 140 Å². The Kier molecular flexibility index (Phi) is 6.40. The zero-order valence-corrected chi connectivity index (χ0v) is 16.3. The van der Waals surface area contributed by atoms with E-state index in [2.05, 4.69) is 4.98 Å². The summed E-state index contributed by atoms with van der Waals surface area (Å²) < 4.78 is 28.3. The molecule has 1 aliphatic rings. The summed E-state index contributed by atoms with van der Waals surface area (Å²) >= 11 is -1.94.